The average molecular weight is 282 g/mol. The second kappa shape index (κ2) is 5.97. The lowest BCUT2D eigenvalue weighted by molar-refractivity contribution is -0.366. The Morgan fingerprint density at radius 3 is 2.29 bits per heavy atom. The van der Waals surface area contributed by atoms with Gasteiger partial charge in [0.1, 0.15) is 6.10 Å². The first-order chi connectivity index (χ1) is 7.80. The van der Waals surface area contributed by atoms with E-state index in [4.69, 9.17) is 31.1 Å². The van der Waals surface area contributed by atoms with E-state index in [1.165, 1.54) is 6.92 Å². The Hall–Kier alpha value is 0.320. The summed E-state index contributed by atoms with van der Waals surface area (Å²) in [5.74, 6) is 0. The van der Waals surface area contributed by atoms with Crippen LogP contribution in [0.5, 0.6) is 0 Å². The zero-order chi connectivity index (χ0) is 13.1. The van der Waals surface area contributed by atoms with E-state index in [9.17, 15) is 5.11 Å². The highest BCUT2D eigenvalue weighted by Gasteiger charge is 2.41. The van der Waals surface area contributed by atoms with Crippen molar-refractivity contribution in [2.75, 3.05) is 19.8 Å². The zero-order valence-corrected chi connectivity index (χ0v) is 12.0. The van der Waals surface area contributed by atoms with Crippen LogP contribution in [-0.4, -0.2) is 48.0 Å². The maximum absolute atomic E-state index is 9.45. The van der Waals surface area contributed by atoms with Gasteiger partial charge in [0.15, 0.2) is 0 Å². The predicted molar refractivity (Wildman–Crippen MR) is 66.3 cm³/mol. The smallest absolute Gasteiger partial charge is 0.339 e. The summed E-state index contributed by atoms with van der Waals surface area (Å²) in [6.07, 6.45) is -1.85. The van der Waals surface area contributed by atoms with Crippen molar-refractivity contribution in [2.45, 2.75) is 38.7 Å². The molecule has 0 aromatic rings. The van der Waals surface area contributed by atoms with Crippen LogP contribution in [-0.2, 0) is 26.0 Å². The van der Waals surface area contributed by atoms with E-state index in [2.05, 4.69) is 0 Å². The van der Waals surface area contributed by atoms with Crippen molar-refractivity contribution >= 4 is 19.2 Å². The molecule has 5 nitrogen and oxygen atoms in total. The van der Waals surface area contributed by atoms with E-state index in [1.54, 1.807) is 0 Å². The van der Waals surface area contributed by atoms with Crippen LogP contribution >= 0.6 is 7.36 Å². The van der Waals surface area contributed by atoms with Crippen molar-refractivity contribution in [1.82, 2.24) is 0 Å². The Labute approximate surface area is 108 Å². The lowest BCUT2D eigenvalue weighted by atomic mass is 9.96. The first-order valence-corrected chi connectivity index (χ1v) is 7.33. The summed E-state index contributed by atoms with van der Waals surface area (Å²) in [7, 11) is 0.371. The predicted octanol–water partition coefficient (Wildman–Crippen LogP) is 0.837. The van der Waals surface area contributed by atoms with Crippen LogP contribution in [0.4, 0.5) is 0 Å². The topological polar surface area (TPSA) is 68.2 Å². The highest BCUT2D eigenvalue weighted by atomic mass is 32.4. The van der Waals surface area contributed by atoms with E-state index in [-0.39, 0.29) is 12.0 Å². The van der Waals surface area contributed by atoms with Crippen molar-refractivity contribution in [1.29, 1.82) is 0 Å². The van der Waals surface area contributed by atoms with Gasteiger partial charge in [0.25, 0.3) is 0 Å². The molecule has 1 aliphatic heterocycles. The monoisotopic (exact) mass is 282 g/mol. The molecular weight excluding hydrogens is 263 g/mol. The van der Waals surface area contributed by atoms with Crippen LogP contribution in [0.3, 0.4) is 0 Å². The zero-order valence-electron chi connectivity index (χ0n) is 10.3. The molecule has 0 aliphatic carbocycles. The van der Waals surface area contributed by atoms with Crippen molar-refractivity contribution in [3.8, 4) is 0 Å². The quantitative estimate of drug-likeness (QED) is 0.728. The van der Waals surface area contributed by atoms with Crippen molar-refractivity contribution < 1.29 is 24.4 Å². The van der Waals surface area contributed by atoms with Crippen LogP contribution in [0.1, 0.15) is 20.8 Å². The summed E-state index contributed by atoms with van der Waals surface area (Å²) in [5.41, 5.74) is -1.36. The van der Waals surface area contributed by atoms with Gasteiger partial charge < -0.3 is 24.4 Å². The maximum Gasteiger partial charge on any atom is 0.339 e. The van der Waals surface area contributed by atoms with Crippen LogP contribution in [0.15, 0.2) is 0 Å². The van der Waals surface area contributed by atoms with Crippen molar-refractivity contribution in [3.05, 3.63) is 0 Å². The second-order valence-electron chi connectivity index (χ2n) is 4.98. The summed E-state index contributed by atoms with van der Waals surface area (Å²) < 4.78 is 16.4. The first-order valence-electron chi connectivity index (χ1n) is 5.43. The number of ether oxygens (including phenoxy) is 3. The molecule has 0 spiro atoms. The number of hydrogen-bond donors (Lipinski definition) is 2. The minimum absolute atomic E-state index is 0.0736. The van der Waals surface area contributed by atoms with Gasteiger partial charge in [-0.2, -0.15) is 0 Å². The summed E-state index contributed by atoms with van der Waals surface area (Å²) in [6, 6.07) is 0. The van der Waals surface area contributed by atoms with Gasteiger partial charge in [-0.3, -0.25) is 0 Å². The highest BCUT2D eigenvalue weighted by molar-refractivity contribution is 7.96. The van der Waals surface area contributed by atoms with E-state index in [0.29, 0.717) is 20.6 Å². The fourth-order valence-corrected chi connectivity index (χ4v) is 1.98. The molecule has 1 aliphatic rings. The van der Waals surface area contributed by atoms with Gasteiger partial charge in [-0.1, -0.05) is 13.8 Å². The van der Waals surface area contributed by atoms with Gasteiger partial charge in [-0.25, -0.2) is 0 Å². The SMILES string of the molecule is CC(O)C(O)COC1(P=S)OCC(C)(C)CO1. The fourth-order valence-electron chi connectivity index (χ4n) is 1.15. The van der Waals surface area contributed by atoms with Gasteiger partial charge in [-0.05, 0) is 18.7 Å². The molecule has 0 saturated carbocycles. The molecule has 0 radical (unpaired) electrons. The Balaban J connectivity index is 2.51. The molecule has 1 rings (SSSR count). The minimum atomic E-state index is -1.29. The molecule has 0 amide bonds. The lowest BCUT2D eigenvalue weighted by Crippen LogP contribution is -2.47. The summed E-state index contributed by atoms with van der Waals surface area (Å²) in [5, 5.41) is 18.6. The molecule has 0 aromatic heterocycles. The standard InChI is InChI=1S/C10H19O5PS/c1-7(11)8(12)4-13-10(16-17)14-5-9(2,3)6-15-10/h7-8,11-12H,4-6H2,1-3H3. The molecular formula is C10H19O5PS. The third-order valence-corrected chi connectivity index (χ3v) is 3.68. The van der Waals surface area contributed by atoms with Crippen LogP contribution in [0.2, 0.25) is 0 Å². The molecule has 1 fully saturated rings. The number of aliphatic hydroxyl groups excluding tert-OH is 2. The molecule has 100 valence electrons. The molecule has 0 bridgehead atoms. The summed E-state index contributed by atoms with van der Waals surface area (Å²) >= 11 is 4.93. The molecule has 2 N–H and O–H groups in total. The van der Waals surface area contributed by atoms with Crippen molar-refractivity contribution in [2.24, 2.45) is 5.41 Å². The Morgan fingerprint density at radius 2 is 1.88 bits per heavy atom. The van der Waals surface area contributed by atoms with Gasteiger partial charge in [0.2, 0.25) is 0 Å². The molecule has 1 saturated heterocycles. The highest BCUT2D eigenvalue weighted by Crippen LogP contribution is 2.37. The molecule has 2 atom stereocenters. The minimum Gasteiger partial charge on any atom is -0.391 e. The van der Waals surface area contributed by atoms with E-state index in [1.807, 2.05) is 13.8 Å². The summed E-state index contributed by atoms with van der Waals surface area (Å²) in [6.45, 7) is 6.38. The van der Waals surface area contributed by atoms with Crippen LogP contribution in [0.25, 0.3) is 0 Å². The Morgan fingerprint density at radius 1 is 1.35 bits per heavy atom. The third-order valence-electron chi connectivity index (χ3n) is 2.40. The molecule has 7 heteroatoms. The van der Waals surface area contributed by atoms with Crippen molar-refractivity contribution in [3.63, 3.8) is 0 Å². The fraction of sp³-hybridized carbons (Fsp3) is 1.00. The van der Waals surface area contributed by atoms with Gasteiger partial charge >= 0.3 is 5.71 Å². The van der Waals surface area contributed by atoms with Crippen LogP contribution in [0, 0.1) is 5.41 Å². The van der Waals surface area contributed by atoms with Gasteiger partial charge in [0, 0.05) is 5.41 Å². The summed E-state index contributed by atoms with van der Waals surface area (Å²) in [4.78, 5) is 0. The Kier molecular flexibility index (Phi) is 5.40. The normalized spacial score (nSPS) is 26.6. The molecule has 0 aromatic carbocycles. The lowest BCUT2D eigenvalue weighted by Gasteiger charge is -2.40. The first kappa shape index (κ1) is 15.4. The number of rotatable bonds is 5. The molecule has 1 heterocycles. The van der Waals surface area contributed by atoms with Crippen LogP contribution < -0.4 is 0 Å². The average Bonchev–Trinajstić information content (AvgIpc) is 2.28. The second-order valence-corrected chi connectivity index (χ2v) is 6.25. The largest absolute Gasteiger partial charge is 0.391 e. The Bertz CT molecular complexity index is 261. The maximum atomic E-state index is 9.45. The third kappa shape index (κ3) is 4.48. The van der Waals surface area contributed by atoms with Gasteiger partial charge in [0.05, 0.1) is 33.3 Å². The van der Waals surface area contributed by atoms with Gasteiger partial charge in [-0.15, -0.1) is 0 Å². The molecule has 2 unspecified atom stereocenters. The molecule has 17 heavy (non-hydrogen) atoms. The van der Waals surface area contributed by atoms with E-state index < -0.39 is 17.9 Å². The number of hydrogen-bond acceptors (Lipinski definition) is 6. The van der Waals surface area contributed by atoms with E-state index in [0.717, 1.165) is 0 Å². The van der Waals surface area contributed by atoms with E-state index >= 15 is 0 Å². The number of aliphatic hydroxyl groups is 2.